The van der Waals surface area contributed by atoms with E-state index >= 15 is 0 Å². The molecule has 0 fully saturated rings. The van der Waals surface area contributed by atoms with E-state index < -0.39 is 0 Å². The van der Waals surface area contributed by atoms with E-state index in [0.29, 0.717) is 0 Å². The summed E-state index contributed by atoms with van der Waals surface area (Å²) in [5, 5.41) is 9.07. The predicted molar refractivity (Wildman–Crippen MR) is 53.7 cm³/mol. The Hall–Kier alpha value is -1.05. The second-order valence-corrected chi connectivity index (χ2v) is 3.15. The minimum Gasteiger partial charge on any atom is -0.513 e. The molecular formula is C10H17NO. The number of aliphatic hydroxyl groups is 1. The predicted octanol–water partition coefficient (Wildman–Crippen LogP) is 2.73. The standard InChI is InChI=1S/C10H17NO/c1-7(2)6-11-9(4)8(3)10(5)12/h6,8-9,12H,1,5H2,2-4H3/b11-6-. The van der Waals surface area contributed by atoms with Gasteiger partial charge >= 0.3 is 0 Å². The van der Waals surface area contributed by atoms with Crippen molar-refractivity contribution in [3.8, 4) is 0 Å². The fourth-order valence-corrected chi connectivity index (χ4v) is 0.652. The fourth-order valence-electron chi connectivity index (χ4n) is 0.652. The quantitative estimate of drug-likeness (QED) is 0.506. The van der Waals surface area contributed by atoms with E-state index in [-0.39, 0.29) is 17.7 Å². The van der Waals surface area contributed by atoms with E-state index in [4.69, 9.17) is 5.11 Å². The average Bonchev–Trinajstić information content (AvgIpc) is 1.98. The fraction of sp³-hybridized carbons (Fsp3) is 0.500. The van der Waals surface area contributed by atoms with Gasteiger partial charge in [-0.1, -0.05) is 20.1 Å². The lowest BCUT2D eigenvalue weighted by atomic mass is 10.0. The van der Waals surface area contributed by atoms with Crippen molar-refractivity contribution < 1.29 is 5.11 Å². The van der Waals surface area contributed by atoms with Crippen LogP contribution >= 0.6 is 0 Å². The average molecular weight is 167 g/mol. The van der Waals surface area contributed by atoms with Gasteiger partial charge in [-0.25, -0.2) is 0 Å². The third-order valence-electron chi connectivity index (χ3n) is 1.78. The monoisotopic (exact) mass is 167 g/mol. The number of hydrogen-bond donors (Lipinski definition) is 1. The van der Waals surface area contributed by atoms with Crippen molar-refractivity contribution in [3.05, 3.63) is 24.5 Å². The summed E-state index contributed by atoms with van der Waals surface area (Å²) in [4.78, 5) is 4.20. The first-order valence-electron chi connectivity index (χ1n) is 4.01. The Bertz CT molecular complexity index is 206. The molecule has 0 saturated carbocycles. The van der Waals surface area contributed by atoms with Crippen LogP contribution in [0.3, 0.4) is 0 Å². The van der Waals surface area contributed by atoms with E-state index in [0.717, 1.165) is 5.57 Å². The summed E-state index contributed by atoms with van der Waals surface area (Å²) < 4.78 is 0. The number of aliphatic imine (C=N–C) groups is 1. The van der Waals surface area contributed by atoms with Crippen LogP contribution in [0.25, 0.3) is 0 Å². The maximum Gasteiger partial charge on any atom is 0.0900 e. The lowest BCUT2D eigenvalue weighted by Crippen LogP contribution is -2.13. The molecule has 1 N–H and O–H groups in total. The van der Waals surface area contributed by atoms with Gasteiger partial charge in [-0.2, -0.15) is 0 Å². The highest BCUT2D eigenvalue weighted by Crippen LogP contribution is 2.12. The Kier molecular flexibility index (Phi) is 4.34. The molecule has 2 atom stereocenters. The SMILES string of the molecule is C=C(C)/C=N\C(C)C(C)C(=C)O. The molecule has 2 heteroatoms. The molecule has 0 radical (unpaired) electrons. The minimum absolute atomic E-state index is 0.000556. The first-order valence-corrected chi connectivity index (χ1v) is 4.01. The molecule has 0 rings (SSSR count). The summed E-state index contributed by atoms with van der Waals surface area (Å²) >= 11 is 0. The molecule has 12 heavy (non-hydrogen) atoms. The summed E-state index contributed by atoms with van der Waals surface area (Å²) in [5.74, 6) is 0.182. The molecule has 0 aromatic carbocycles. The Labute approximate surface area is 74.3 Å². The van der Waals surface area contributed by atoms with E-state index in [1.807, 2.05) is 20.8 Å². The largest absolute Gasteiger partial charge is 0.513 e. The smallest absolute Gasteiger partial charge is 0.0900 e. The van der Waals surface area contributed by atoms with Crippen molar-refractivity contribution >= 4 is 6.21 Å². The molecule has 2 nitrogen and oxygen atoms in total. The van der Waals surface area contributed by atoms with Crippen molar-refractivity contribution in [2.75, 3.05) is 0 Å². The summed E-state index contributed by atoms with van der Waals surface area (Å²) in [6.07, 6.45) is 1.71. The van der Waals surface area contributed by atoms with E-state index in [1.54, 1.807) is 6.21 Å². The van der Waals surface area contributed by atoms with E-state index in [2.05, 4.69) is 18.2 Å². The third-order valence-corrected chi connectivity index (χ3v) is 1.78. The van der Waals surface area contributed by atoms with Crippen LogP contribution in [0.15, 0.2) is 29.5 Å². The van der Waals surface area contributed by atoms with Crippen LogP contribution in [-0.4, -0.2) is 17.4 Å². The molecule has 0 aliphatic heterocycles. The molecule has 2 unspecified atom stereocenters. The number of nitrogens with zero attached hydrogens (tertiary/aromatic N) is 1. The Morgan fingerprint density at radius 2 is 1.92 bits per heavy atom. The van der Waals surface area contributed by atoms with Gasteiger partial charge in [0, 0.05) is 12.1 Å². The molecule has 0 aliphatic carbocycles. The molecule has 0 aliphatic rings. The summed E-state index contributed by atoms with van der Waals surface area (Å²) in [6, 6.07) is 0.0548. The number of hydrogen-bond acceptors (Lipinski definition) is 2. The minimum atomic E-state index is 0.000556. The number of aliphatic hydroxyl groups excluding tert-OH is 1. The first kappa shape index (κ1) is 11.0. The van der Waals surface area contributed by atoms with Crippen LogP contribution in [0.4, 0.5) is 0 Å². The van der Waals surface area contributed by atoms with Gasteiger partial charge in [0.05, 0.1) is 11.8 Å². The molecule has 0 bridgehead atoms. The van der Waals surface area contributed by atoms with Crippen molar-refractivity contribution in [2.24, 2.45) is 10.9 Å². The molecule has 0 amide bonds. The van der Waals surface area contributed by atoms with Crippen molar-refractivity contribution in [1.29, 1.82) is 0 Å². The van der Waals surface area contributed by atoms with Gasteiger partial charge in [0.25, 0.3) is 0 Å². The topological polar surface area (TPSA) is 32.6 Å². The van der Waals surface area contributed by atoms with E-state index in [9.17, 15) is 0 Å². The van der Waals surface area contributed by atoms with Gasteiger partial charge in [0.2, 0.25) is 0 Å². The summed E-state index contributed by atoms with van der Waals surface area (Å²) in [6.45, 7) is 12.9. The van der Waals surface area contributed by atoms with Crippen LogP contribution in [0, 0.1) is 5.92 Å². The highest BCUT2D eigenvalue weighted by molar-refractivity contribution is 5.76. The lowest BCUT2D eigenvalue weighted by Gasteiger charge is -2.13. The van der Waals surface area contributed by atoms with Crippen molar-refractivity contribution in [1.82, 2.24) is 0 Å². The highest BCUT2D eigenvalue weighted by atomic mass is 16.3. The van der Waals surface area contributed by atoms with E-state index in [1.165, 1.54) is 0 Å². The Balaban J connectivity index is 4.12. The van der Waals surface area contributed by atoms with Gasteiger partial charge < -0.3 is 5.11 Å². The number of allylic oxidation sites excluding steroid dienone is 1. The normalized spacial score (nSPS) is 15.9. The highest BCUT2D eigenvalue weighted by Gasteiger charge is 2.12. The molecule has 0 aromatic rings. The summed E-state index contributed by atoms with van der Waals surface area (Å²) in [7, 11) is 0. The van der Waals surface area contributed by atoms with Crippen LogP contribution in [0.5, 0.6) is 0 Å². The second kappa shape index (κ2) is 4.75. The van der Waals surface area contributed by atoms with Crippen LogP contribution in [0.1, 0.15) is 20.8 Å². The third kappa shape index (κ3) is 3.96. The zero-order chi connectivity index (χ0) is 9.72. The van der Waals surface area contributed by atoms with Crippen molar-refractivity contribution in [2.45, 2.75) is 26.8 Å². The Morgan fingerprint density at radius 3 is 2.25 bits per heavy atom. The molecule has 0 spiro atoms. The molecule has 0 saturated heterocycles. The molecule has 0 aromatic heterocycles. The summed E-state index contributed by atoms with van der Waals surface area (Å²) in [5.41, 5.74) is 0.914. The first-order chi connectivity index (χ1) is 5.45. The van der Waals surface area contributed by atoms with Gasteiger partial charge in [0.1, 0.15) is 0 Å². The molecule has 68 valence electrons. The zero-order valence-corrected chi connectivity index (χ0v) is 8.04. The second-order valence-electron chi connectivity index (χ2n) is 3.15. The van der Waals surface area contributed by atoms with Gasteiger partial charge in [0.15, 0.2) is 0 Å². The van der Waals surface area contributed by atoms with Crippen LogP contribution in [0.2, 0.25) is 0 Å². The zero-order valence-electron chi connectivity index (χ0n) is 8.04. The Morgan fingerprint density at radius 1 is 1.42 bits per heavy atom. The van der Waals surface area contributed by atoms with Crippen LogP contribution in [-0.2, 0) is 0 Å². The van der Waals surface area contributed by atoms with Crippen LogP contribution < -0.4 is 0 Å². The number of rotatable bonds is 4. The van der Waals surface area contributed by atoms with Crippen molar-refractivity contribution in [3.63, 3.8) is 0 Å². The van der Waals surface area contributed by atoms with Gasteiger partial charge in [-0.15, -0.1) is 0 Å². The maximum atomic E-state index is 9.07. The molecular weight excluding hydrogens is 150 g/mol. The molecule has 0 heterocycles. The maximum absolute atomic E-state index is 9.07. The van der Waals surface area contributed by atoms with Gasteiger partial charge in [-0.05, 0) is 19.4 Å². The van der Waals surface area contributed by atoms with Gasteiger partial charge in [-0.3, -0.25) is 4.99 Å². The lowest BCUT2D eigenvalue weighted by molar-refractivity contribution is 0.323.